The number of halogens is 3. The average molecular weight is 398 g/mol. The van der Waals surface area contributed by atoms with Crippen molar-refractivity contribution in [2.45, 2.75) is 18.9 Å². The summed E-state index contributed by atoms with van der Waals surface area (Å²) in [7, 11) is 0. The van der Waals surface area contributed by atoms with Gasteiger partial charge in [0.2, 0.25) is 5.91 Å². The summed E-state index contributed by atoms with van der Waals surface area (Å²) in [5.41, 5.74) is 0.858. The summed E-state index contributed by atoms with van der Waals surface area (Å²) in [5, 5.41) is 11.7. The maximum absolute atomic E-state index is 13.1. The summed E-state index contributed by atoms with van der Waals surface area (Å²) in [6.45, 7) is 0. The van der Waals surface area contributed by atoms with Gasteiger partial charge in [0.25, 0.3) is 0 Å². The van der Waals surface area contributed by atoms with Crippen molar-refractivity contribution in [2.75, 3.05) is 0 Å². The third kappa shape index (κ3) is 5.13. The van der Waals surface area contributed by atoms with E-state index in [1.807, 2.05) is 0 Å². The Hall–Kier alpha value is -2.28. The predicted octanol–water partition coefficient (Wildman–Crippen LogP) is 3.08. The molecule has 0 heterocycles. The molecule has 7 heteroatoms. The fourth-order valence-electron chi connectivity index (χ4n) is 2.23. The van der Waals surface area contributed by atoms with Crippen molar-refractivity contribution in [1.29, 1.82) is 0 Å². The van der Waals surface area contributed by atoms with Crippen molar-refractivity contribution < 1.29 is 23.5 Å². The number of amides is 1. The molecular formula is C17H14BrF2NO3. The number of hydrogen-bond donors (Lipinski definition) is 2. The van der Waals surface area contributed by atoms with Gasteiger partial charge in [-0.25, -0.2) is 13.6 Å². The van der Waals surface area contributed by atoms with E-state index in [1.54, 1.807) is 24.3 Å². The van der Waals surface area contributed by atoms with Crippen LogP contribution in [0.4, 0.5) is 8.78 Å². The van der Waals surface area contributed by atoms with Gasteiger partial charge in [-0.15, -0.1) is 0 Å². The highest BCUT2D eigenvalue weighted by Gasteiger charge is 2.21. The highest BCUT2D eigenvalue weighted by molar-refractivity contribution is 9.10. The van der Waals surface area contributed by atoms with Gasteiger partial charge in [0, 0.05) is 17.0 Å². The Kier molecular flexibility index (Phi) is 6.03. The number of carboxylic acid groups (broad SMARTS) is 1. The highest BCUT2D eigenvalue weighted by atomic mass is 79.9. The number of carbonyl (C=O) groups excluding carboxylic acids is 1. The fourth-order valence-corrected chi connectivity index (χ4v) is 2.67. The lowest BCUT2D eigenvalue weighted by molar-refractivity contribution is -0.141. The summed E-state index contributed by atoms with van der Waals surface area (Å²) in [5.74, 6) is -3.40. The lowest BCUT2D eigenvalue weighted by Crippen LogP contribution is -2.43. The van der Waals surface area contributed by atoms with Crippen molar-refractivity contribution in [3.8, 4) is 0 Å². The zero-order valence-electron chi connectivity index (χ0n) is 12.4. The summed E-state index contributed by atoms with van der Waals surface area (Å²) >= 11 is 3.32. The first-order valence-electron chi connectivity index (χ1n) is 7.05. The molecule has 0 aliphatic carbocycles. The third-order valence-electron chi connectivity index (χ3n) is 3.30. The minimum atomic E-state index is -1.19. The minimum absolute atomic E-state index is 0.0833. The molecule has 0 bridgehead atoms. The predicted molar refractivity (Wildman–Crippen MR) is 87.5 cm³/mol. The molecule has 0 unspecified atom stereocenters. The largest absolute Gasteiger partial charge is 0.480 e. The molecule has 2 rings (SSSR count). The summed E-state index contributed by atoms with van der Waals surface area (Å²) in [6, 6.07) is 8.69. The molecule has 4 nitrogen and oxygen atoms in total. The van der Waals surface area contributed by atoms with Gasteiger partial charge < -0.3 is 10.4 Å². The van der Waals surface area contributed by atoms with E-state index in [9.17, 15) is 23.5 Å². The highest BCUT2D eigenvalue weighted by Crippen LogP contribution is 2.17. The van der Waals surface area contributed by atoms with Gasteiger partial charge in [0.05, 0.1) is 6.42 Å². The van der Waals surface area contributed by atoms with E-state index < -0.39 is 29.6 Å². The van der Waals surface area contributed by atoms with E-state index in [-0.39, 0.29) is 18.4 Å². The molecule has 2 N–H and O–H groups in total. The van der Waals surface area contributed by atoms with E-state index in [4.69, 9.17) is 0 Å². The molecule has 126 valence electrons. The van der Waals surface area contributed by atoms with Crippen LogP contribution in [0, 0.1) is 11.6 Å². The fraction of sp³-hybridized carbons (Fsp3) is 0.176. The van der Waals surface area contributed by atoms with Crippen LogP contribution in [0.15, 0.2) is 46.9 Å². The Bertz CT molecular complexity index is 747. The smallest absolute Gasteiger partial charge is 0.326 e. The minimum Gasteiger partial charge on any atom is -0.480 e. The molecule has 0 spiro atoms. The van der Waals surface area contributed by atoms with Crippen LogP contribution in [0.5, 0.6) is 0 Å². The Morgan fingerprint density at radius 1 is 1.12 bits per heavy atom. The Morgan fingerprint density at radius 3 is 2.33 bits per heavy atom. The van der Waals surface area contributed by atoms with E-state index in [0.29, 0.717) is 6.07 Å². The van der Waals surface area contributed by atoms with Crippen LogP contribution in [0.3, 0.4) is 0 Å². The number of aliphatic carboxylic acids is 1. The van der Waals surface area contributed by atoms with E-state index in [1.165, 1.54) is 0 Å². The number of carbonyl (C=O) groups is 2. The molecule has 1 atom stereocenters. The quantitative estimate of drug-likeness (QED) is 0.786. The van der Waals surface area contributed by atoms with Crippen molar-refractivity contribution in [3.05, 3.63) is 69.7 Å². The van der Waals surface area contributed by atoms with Crippen LogP contribution in [-0.2, 0) is 22.4 Å². The number of nitrogens with one attached hydrogen (secondary N) is 1. The summed E-state index contributed by atoms with van der Waals surface area (Å²) < 4.78 is 27.0. The number of benzene rings is 2. The van der Waals surface area contributed by atoms with Crippen molar-refractivity contribution in [2.24, 2.45) is 0 Å². The normalized spacial score (nSPS) is 11.8. The number of rotatable bonds is 6. The maximum Gasteiger partial charge on any atom is 0.326 e. The van der Waals surface area contributed by atoms with Crippen LogP contribution in [0.2, 0.25) is 0 Å². The van der Waals surface area contributed by atoms with Gasteiger partial charge in [-0.1, -0.05) is 34.1 Å². The molecular weight excluding hydrogens is 384 g/mol. The zero-order chi connectivity index (χ0) is 17.7. The van der Waals surface area contributed by atoms with E-state index in [2.05, 4.69) is 21.2 Å². The molecule has 0 saturated heterocycles. The lowest BCUT2D eigenvalue weighted by Gasteiger charge is -2.15. The van der Waals surface area contributed by atoms with Gasteiger partial charge in [-0.05, 0) is 29.3 Å². The van der Waals surface area contributed by atoms with E-state index >= 15 is 0 Å². The van der Waals surface area contributed by atoms with Gasteiger partial charge in [-0.2, -0.15) is 0 Å². The first kappa shape index (κ1) is 18.1. The summed E-state index contributed by atoms with van der Waals surface area (Å²) in [4.78, 5) is 23.4. The van der Waals surface area contributed by atoms with E-state index in [0.717, 1.165) is 22.2 Å². The van der Waals surface area contributed by atoms with Gasteiger partial charge in [0.1, 0.15) is 17.7 Å². The van der Waals surface area contributed by atoms with Gasteiger partial charge >= 0.3 is 5.97 Å². The summed E-state index contributed by atoms with van der Waals surface area (Å²) in [6.07, 6.45) is -0.228. The third-order valence-corrected chi connectivity index (χ3v) is 4.08. The Labute approximate surface area is 145 Å². The topological polar surface area (TPSA) is 66.4 Å². The second-order valence-electron chi connectivity index (χ2n) is 5.21. The molecule has 0 aliphatic heterocycles. The van der Waals surface area contributed by atoms with Crippen LogP contribution in [0.1, 0.15) is 11.1 Å². The van der Waals surface area contributed by atoms with Gasteiger partial charge in [-0.3, -0.25) is 4.79 Å². The molecule has 0 radical (unpaired) electrons. The second kappa shape index (κ2) is 8.01. The Morgan fingerprint density at radius 2 is 1.75 bits per heavy atom. The average Bonchev–Trinajstić information content (AvgIpc) is 2.47. The molecule has 0 aromatic heterocycles. The molecule has 0 saturated carbocycles. The second-order valence-corrected chi connectivity index (χ2v) is 6.06. The monoisotopic (exact) mass is 397 g/mol. The molecule has 0 aliphatic rings. The van der Waals surface area contributed by atoms with Crippen molar-refractivity contribution >= 4 is 27.8 Å². The lowest BCUT2D eigenvalue weighted by atomic mass is 10.1. The van der Waals surface area contributed by atoms with Crippen LogP contribution in [0.25, 0.3) is 0 Å². The molecule has 1 amide bonds. The van der Waals surface area contributed by atoms with Crippen molar-refractivity contribution in [3.63, 3.8) is 0 Å². The van der Waals surface area contributed by atoms with Crippen molar-refractivity contribution in [1.82, 2.24) is 5.32 Å². The van der Waals surface area contributed by atoms with Crippen LogP contribution >= 0.6 is 15.9 Å². The molecule has 0 fully saturated rings. The zero-order valence-corrected chi connectivity index (χ0v) is 14.0. The van der Waals surface area contributed by atoms with Crippen LogP contribution < -0.4 is 5.32 Å². The molecule has 2 aromatic rings. The molecule has 24 heavy (non-hydrogen) atoms. The maximum atomic E-state index is 13.1. The first-order chi connectivity index (χ1) is 11.3. The Balaban J connectivity index is 2.06. The number of hydrogen-bond acceptors (Lipinski definition) is 2. The molecule has 2 aromatic carbocycles. The van der Waals surface area contributed by atoms with Crippen LogP contribution in [-0.4, -0.2) is 23.0 Å². The first-order valence-corrected chi connectivity index (χ1v) is 7.85. The standard InChI is InChI=1S/C17H14BrF2NO3/c18-14-4-2-1-3-11(14)8-15(17(23)24)21-16(22)7-10-5-12(19)9-13(20)6-10/h1-6,9,15H,7-8H2,(H,21,22)(H,23,24)/t15-/m1/s1. The van der Waals surface area contributed by atoms with Gasteiger partial charge in [0.15, 0.2) is 0 Å². The SMILES string of the molecule is O=C(Cc1cc(F)cc(F)c1)N[C@H](Cc1ccccc1Br)C(=O)O. The number of carboxylic acids is 1.